The number of hydrogen-bond donors (Lipinski definition) is 0. The van der Waals surface area contributed by atoms with Crippen LogP contribution in [0.4, 0.5) is 0 Å². The first-order chi connectivity index (χ1) is 7.36. The van der Waals surface area contributed by atoms with E-state index in [2.05, 4.69) is 31.2 Å². The second-order valence-corrected chi connectivity index (χ2v) is 3.68. The smallest absolute Gasteiger partial charge is 0.119 e. The lowest BCUT2D eigenvalue weighted by Gasteiger charge is -2.03. The van der Waals surface area contributed by atoms with Crippen LogP contribution < -0.4 is 4.74 Å². The predicted octanol–water partition coefficient (Wildman–Crippen LogP) is 4.12. The summed E-state index contributed by atoms with van der Waals surface area (Å²) in [5.41, 5.74) is 1.18. The molecule has 0 aliphatic rings. The Balaban J connectivity index is 2.48. The summed E-state index contributed by atoms with van der Waals surface area (Å²) in [4.78, 5) is 0. The van der Waals surface area contributed by atoms with Gasteiger partial charge in [-0.05, 0) is 30.5 Å². The zero-order valence-electron chi connectivity index (χ0n) is 9.08. The van der Waals surface area contributed by atoms with E-state index in [-0.39, 0.29) is 0 Å². The van der Waals surface area contributed by atoms with Crippen LogP contribution in [-0.2, 0) is 0 Å². The van der Waals surface area contributed by atoms with Crippen molar-refractivity contribution < 1.29 is 4.74 Å². The Hall–Kier alpha value is -0.950. The number of hydrogen-bond acceptors (Lipinski definition) is 1. The number of rotatable bonds is 6. The minimum atomic E-state index is 0.675. The van der Waals surface area contributed by atoms with Crippen LogP contribution in [0, 0.1) is 0 Å². The first-order valence-electron chi connectivity index (χ1n) is 5.32. The van der Waals surface area contributed by atoms with E-state index in [4.69, 9.17) is 16.3 Å². The van der Waals surface area contributed by atoms with Crippen LogP contribution in [-0.4, -0.2) is 12.5 Å². The Morgan fingerprint density at radius 1 is 1.27 bits per heavy atom. The van der Waals surface area contributed by atoms with Crippen LogP contribution in [0.5, 0.6) is 5.75 Å². The van der Waals surface area contributed by atoms with Crippen molar-refractivity contribution in [3.63, 3.8) is 0 Å². The van der Waals surface area contributed by atoms with Gasteiger partial charge in [0.25, 0.3) is 0 Å². The van der Waals surface area contributed by atoms with Crippen molar-refractivity contribution >= 4 is 17.7 Å². The molecule has 0 saturated carbocycles. The highest BCUT2D eigenvalue weighted by atomic mass is 35.5. The van der Waals surface area contributed by atoms with E-state index in [1.54, 1.807) is 0 Å². The van der Waals surface area contributed by atoms with E-state index in [0.717, 1.165) is 25.2 Å². The average Bonchev–Trinajstić information content (AvgIpc) is 2.28. The average molecular weight is 225 g/mol. The van der Waals surface area contributed by atoms with Gasteiger partial charge < -0.3 is 4.74 Å². The van der Waals surface area contributed by atoms with E-state index in [1.165, 1.54) is 5.56 Å². The number of allylic oxidation sites excluding steroid dienone is 1. The molecule has 0 amide bonds. The van der Waals surface area contributed by atoms with Crippen LogP contribution in [0.2, 0.25) is 0 Å². The normalized spacial score (nSPS) is 10.8. The Labute approximate surface area is 96.7 Å². The van der Waals surface area contributed by atoms with E-state index >= 15 is 0 Å². The molecule has 82 valence electrons. The monoisotopic (exact) mass is 224 g/mol. The minimum Gasteiger partial charge on any atom is -0.494 e. The fourth-order valence-electron chi connectivity index (χ4n) is 1.18. The fraction of sp³-hybridized carbons (Fsp3) is 0.385. The number of alkyl halides is 1. The molecular weight excluding hydrogens is 208 g/mol. The van der Waals surface area contributed by atoms with Gasteiger partial charge in [-0.1, -0.05) is 31.2 Å². The lowest BCUT2D eigenvalue weighted by molar-refractivity contribution is 0.317. The van der Waals surface area contributed by atoms with Gasteiger partial charge in [0.05, 0.1) is 6.61 Å². The summed E-state index contributed by atoms with van der Waals surface area (Å²) in [6, 6.07) is 8.09. The van der Waals surface area contributed by atoms with Crippen molar-refractivity contribution in [2.75, 3.05) is 12.5 Å². The minimum absolute atomic E-state index is 0.675. The van der Waals surface area contributed by atoms with E-state index in [0.29, 0.717) is 5.88 Å². The molecule has 0 aromatic heterocycles. The van der Waals surface area contributed by atoms with Crippen LogP contribution >= 0.6 is 11.6 Å². The number of benzene rings is 1. The van der Waals surface area contributed by atoms with Gasteiger partial charge in [-0.3, -0.25) is 0 Å². The van der Waals surface area contributed by atoms with Crippen LogP contribution in [0.3, 0.4) is 0 Å². The van der Waals surface area contributed by atoms with Crippen LogP contribution in [0.1, 0.15) is 25.3 Å². The number of halogens is 1. The van der Waals surface area contributed by atoms with Gasteiger partial charge in [0.15, 0.2) is 0 Å². The van der Waals surface area contributed by atoms with Crippen LogP contribution in [0.25, 0.3) is 6.08 Å². The van der Waals surface area contributed by atoms with Gasteiger partial charge in [-0.2, -0.15) is 0 Å². The summed E-state index contributed by atoms with van der Waals surface area (Å²) in [5.74, 6) is 1.61. The van der Waals surface area contributed by atoms with E-state index < -0.39 is 0 Å². The first-order valence-corrected chi connectivity index (χ1v) is 5.85. The Bertz CT molecular complexity index is 290. The lowest BCUT2D eigenvalue weighted by Crippen LogP contribution is -1.94. The highest BCUT2D eigenvalue weighted by Gasteiger charge is 1.91. The third-order valence-electron chi connectivity index (χ3n) is 1.94. The standard InChI is InChI=1S/C13H17ClO/c1-2-11-15-13-8-6-12(7-9-13)5-3-4-10-14/h3,5-9H,2,4,10-11H2,1H3. The molecule has 0 fully saturated rings. The molecule has 0 bridgehead atoms. The molecule has 0 atom stereocenters. The molecule has 1 rings (SSSR count). The predicted molar refractivity (Wildman–Crippen MR) is 66.6 cm³/mol. The summed E-state index contributed by atoms with van der Waals surface area (Å²) in [7, 11) is 0. The molecule has 0 aliphatic heterocycles. The molecular formula is C13H17ClO. The van der Waals surface area contributed by atoms with Gasteiger partial charge in [-0.15, -0.1) is 11.6 Å². The van der Waals surface area contributed by atoms with Gasteiger partial charge in [0.1, 0.15) is 5.75 Å². The Kier molecular flexibility index (Phi) is 5.94. The van der Waals surface area contributed by atoms with Crippen molar-refractivity contribution in [2.24, 2.45) is 0 Å². The molecule has 1 aromatic carbocycles. The third kappa shape index (κ3) is 4.89. The zero-order chi connectivity index (χ0) is 10.9. The molecule has 1 nitrogen and oxygen atoms in total. The van der Waals surface area contributed by atoms with Crippen LogP contribution in [0.15, 0.2) is 30.3 Å². The maximum absolute atomic E-state index is 5.58. The topological polar surface area (TPSA) is 9.23 Å². The second-order valence-electron chi connectivity index (χ2n) is 3.30. The lowest BCUT2D eigenvalue weighted by atomic mass is 10.2. The zero-order valence-corrected chi connectivity index (χ0v) is 9.83. The largest absolute Gasteiger partial charge is 0.494 e. The van der Waals surface area contributed by atoms with Crippen molar-refractivity contribution in [3.05, 3.63) is 35.9 Å². The molecule has 0 radical (unpaired) electrons. The van der Waals surface area contributed by atoms with Crippen molar-refractivity contribution in [1.29, 1.82) is 0 Å². The van der Waals surface area contributed by atoms with E-state index in [9.17, 15) is 0 Å². The van der Waals surface area contributed by atoms with Crippen molar-refractivity contribution in [2.45, 2.75) is 19.8 Å². The summed E-state index contributed by atoms with van der Waals surface area (Å²) < 4.78 is 5.49. The maximum atomic E-state index is 5.58. The highest BCUT2D eigenvalue weighted by molar-refractivity contribution is 6.17. The Morgan fingerprint density at radius 2 is 2.00 bits per heavy atom. The summed E-state index contributed by atoms with van der Waals surface area (Å²) in [5, 5.41) is 0. The molecule has 1 aromatic rings. The molecule has 0 heterocycles. The quantitative estimate of drug-likeness (QED) is 0.661. The van der Waals surface area contributed by atoms with Crippen molar-refractivity contribution in [3.8, 4) is 5.75 Å². The third-order valence-corrected chi connectivity index (χ3v) is 2.16. The summed E-state index contributed by atoms with van der Waals surface area (Å²) in [6.07, 6.45) is 6.11. The molecule has 0 N–H and O–H groups in total. The first kappa shape index (κ1) is 12.1. The maximum Gasteiger partial charge on any atom is 0.119 e. The molecule has 0 spiro atoms. The molecule has 15 heavy (non-hydrogen) atoms. The summed E-state index contributed by atoms with van der Waals surface area (Å²) in [6.45, 7) is 2.88. The van der Waals surface area contributed by atoms with Gasteiger partial charge in [0.2, 0.25) is 0 Å². The van der Waals surface area contributed by atoms with Gasteiger partial charge >= 0.3 is 0 Å². The van der Waals surface area contributed by atoms with Gasteiger partial charge in [-0.25, -0.2) is 0 Å². The molecule has 0 unspecified atom stereocenters. The molecule has 2 heteroatoms. The highest BCUT2D eigenvalue weighted by Crippen LogP contribution is 2.13. The summed E-state index contributed by atoms with van der Waals surface area (Å²) >= 11 is 5.58. The number of ether oxygens (including phenoxy) is 1. The van der Waals surface area contributed by atoms with E-state index in [1.807, 2.05) is 12.1 Å². The Morgan fingerprint density at radius 3 is 2.60 bits per heavy atom. The SMILES string of the molecule is CCCOc1ccc(C=CCCCl)cc1. The second kappa shape index (κ2) is 7.36. The van der Waals surface area contributed by atoms with Gasteiger partial charge in [0, 0.05) is 5.88 Å². The van der Waals surface area contributed by atoms with Crippen molar-refractivity contribution in [1.82, 2.24) is 0 Å². The molecule has 0 saturated heterocycles. The fourth-order valence-corrected chi connectivity index (χ4v) is 1.30. The molecule has 0 aliphatic carbocycles.